The predicted molar refractivity (Wildman–Crippen MR) is 75.9 cm³/mol. The Balaban J connectivity index is 3.08. The molecule has 0 aliphatic heterocycles. The third-order valence-electron chi connectivity index (χ3n) is 3.47. The van der Waals surface area contributed by atoms with Crippen molar-refractivity contribution in [3.8, 4) is 0 Å². The van der Waals surface area contributed by atoms with Gasteiger partial charge in [0.05, 0.1) is 35.6 Å². The molecule has 0 aromatic carbocycles. The van der Waals surface area contributed by atoms with E-state index in [4.69, 9.17) is 10.6 Å². The van der Waals surface area contributed by atoms with Crippen LogP contribution in [0.4, 0.5) is 0 Å². The zero-order valence-corrected chi connectivity index (χ0v) is 13.1. The Hall–Kier alpha value is -0.430. The zero-order chi connectivity index (χ0) is 13.8. The lowest BCUT2D eigenvalue weighted by Crippen LogP contribution is -2.39. The summed E-state index contributed by atoms with van der Waals surface area (Å²) in [5.41, 5.74) is 4.04. The van der Waals surface area contributed by atoms with Gasteiger partial charge in [-0.05, 0) is 27.8 Å². The molecule has 1 atom stereocenters. The van der Waals surface area contributed by atoms with Gasteiger partial charge in [-0.3, -0.25) is 16.0 Å². The minimum absolute atomic E-state index is 0.0382. The van der Waals surface area contributed by atoms with E-state index in [-0.39, 0.29) is 11.5 Å². The second-order valence-corrected chi connectivity index (χ2v) is 5.89. The molecule has 0 spiro atoms. The van der Waals surface area contributed by atoms with Crippen LogP contribution in [0.5, 0.6) is 0 Å². The van der Waals surface area contributed by atoms with E-state index in [2.05, 4.69) is 47.2 Å². The van der Waals surface area contributed by atoms with E-state index in [9.17, 15) is 0 Å². The summed E-state index contributed by atoms with van der Waals surface area (Å²) < 4.78 is 8.02. The van der Waals surface area contributed by atoms with Crippen LogP contribution in [0.1, 0.15) is 38.9 Å². The number of aromatic nitrogens is 2. The third-order valence-corrected chi connectivity index (χ3v) is 4.08. The maximum atomic E-state index is 5.75. The Morgan fingerprint density at radius 3 is 2.78 bits per heavy atom. The summed E-state index contributed by atoms with van der Waals surface area (Å²) in [6, 6.07) is 0.0382. The lowest BCUT2D eigenvalue weighted by Gasteiger charge is -2.33. The molecular formula is C12H23BrN4O. The fourth-order valence-corrected chi connectivity index (χ4v) is 2.42. The summed E-state index contributed by atoms with van der Waals surface area (Å²) in [5.74, 6) is 5.75. The molecule has 6 heteroatoms. The molecular weight excluding hydrogens is 296 g/mol. The summed E-state index contributed by atoms with van der Waals surface area (Å²) in [6.45, 7) is 7.89. The van der Waals surface area contributed by atoms with E-state index in [1.165, 1.54) is 0 Å². The van der Waals surface area contributed by atoms with Crippen molar-refractivity contribution in [2.45, 2.75) is 39.8 Å². The molecule has 1 heterocycles. The first-order chi connectivity index (χ1) is 8.47. The lowest BCUT2D eigenvalue weighted by atomic mass is 9.80. The number of hydrazine groups is 1. The summed E-state index contributed by atoms with van der Waals surface area (Å²) >= 11 is 3.55. The van der Waals surface area contributed by atoms with Gasteiger partial charge in [-0.25, -0.2) is 0 Å². The van der Waals surface area contributed by atoms with Crippen LogP contribution < -0.4 is 11.3 Å². The largest absolute Gasteiger partial charge is 0.383 e. The van der Waals surface area contributed by atoms with E-state index < -0.39 is 0 Å². The number of nitrogens with zero attached hydrogens (tertiary/aromatic N) is 2. The van der Waals surface area contributed by atoms with Gasteiger partial charge in [-0.2, -0.15) is 5.10 Å². The number of rotatable bonds is 7. The highest BCUT2D eigenvalue weighted by Crippen LogP contribution is 2.38. The Morgan fingerprint density at radius 1 is 1.61 bits per heavy atom. The van der Waals surface area contributed by atoms with Gasteiger partial charge >= 0.3 is 0 Å². The van der Waals surface area contributed by atoms with Crippen LogP contribution in [-0.4, -0.2) is 23.5 Å². The van der Waals surface area contributed by atoms with Crippen LogP contribution in [0.2, 0.25) is 0 Å². The van der Waals surface area contributed by atoms with Crippen LogP contribution >= 0.6 is 15.9 Å². The zero-order valence-electron chi connectivity index (χ0n) is 11.5. The van der Waals surface area contributed by atoms with Gasteiger partial charge in [-0.15, -0.1) is 0 Å². The van der Waals surface area contributed by atoms with Crippen molar-refractivity contribution in [2.75, 3.05) is 13.7 Å². The minimum Gasteiger partial charge on any atom is -0.383 e. The predicted octanol–water partition coefficient (Wildman–Crippen LogP) is 2.23. The number of nitrogens with one attached hydrogen (secondary N) is 1. The Bertz CT molecular complexity index is 378. The van der Waals surface area contributed by atoms with Crippen molar-refractivity contribution in [2.24, 2.45) is 11.3 Å². The standard InChI is InChI=1S/C12H23BrN4O/c1-5-12(2,3)11(16-14)10-9(13)8-15-17(10)6-7-18-4/h8,11,16H,5-7,14H2,1-4H3. The number of hydrogen-bond acceptors (Lipinski definition) is 4. The van der Waals surface area contributed by atoms with E-state index in [0.717, 1.165) is 23.1 Å². The van der Waals surface area contributed by atoms with Crippen molar-refractivity contribution in [1.82, 2.24) is 15.2 Å². The average molecular weight is 319 g/mol. The molecule has 1 rings (SSSR count). The van der Waals surface area contributed by atoms with Crippen LogP contribution in [0.25, 0.3) is 0 Å². The van der Waals surface area contributed by atoms with Gasteiger partial charge in [0.15, 0.2) is 0 Å². The molecule has 0 saturated heterocycles. The normalized spacial score (nSPS) is 13.9. The van der Waals surface area contributed by atoms with Gasteiger partial charge < -0.3 is 4.74 Å². The minimum atomic E-state index is 0.0382. The molecule has 0 fully saturated rings. The van der Waals surface area contributed by atoms with Crippen LogP contribution in [0, 0.1) is 5.41 Å². The molecule has 1 aromatic rings. The number of hydrogen-bond donors (Lipinski definition) is 2. The molecule has 0 saturated carbocycles. The maximum absolute atomic E-state index is 5.75. The second-order valence-electron chi connectivity index (χ2n) is 5.04. The molecule has 5 nitrogen and oxygen atoms in total. The number of nitrogens with two attached hydrogens (primary N) is 1. The summed E-state index contributed by atoms with van der Waals surface area (Å²) in [5, 5.41) is 4.36. The fourth-order valence-electron chi connectivity index (χ4n) is 1.89. The van der Waals surface area contributed by atoms with Gasteiger partial charge in [0, 0.05) is 7.11 Å². The summed E-state index contributed by atoms with van der Waals surface area (Å²) in [6.07, 6.45) is 2.82. The van der Waals surface area contributed by atoms with Crippen molar-refractivity contribution in [1.29, 1.82) is 0 Å². The molecule has 0 bridgehead atoms. The van der Waals surface area contributed by atoms with Crippen molar-refractivity contribution in [3.05, 3.63) is 16.4 Å². The molecule has 1 unspecified atom stereocenters. The van der Waals surface area contributed by atoms with E-state index in [1.807, 2.05) is 4.68 Å². The molecule has 18 heavy (non-hydrogen) atoms. The summed E-state index contributed by atoms with van der Waals surface area (Å²) in [4.78, 5) is 0. The quantitative estimate of drug-likeness (QED) is 0.597. The summed E-state index contributed by atoms with van der Waals surface area (Å²) in [7, 11) is 1.69. The fraction of sp³-hybridized carbons (Fsp3) is 0.750. The number of ether oxygens (including phenoxy) is 1. The van der Waals surface area contributed by atoms with Crippen molar-refractivity contribution >= 4 is 15.9 Å². The number of methoxy groups -OCH3 is 1. The van der Waals surface area contributed by atoms with E-state index in [1.54, 1.807) is 13.3 Å². The molecule has 0 amide bonds. The first-order valence-corrected chi connectivity index (χ1v) is 6.93. The number of halogens is 1. The van der Waals surface area contributed by atoms with Gasteiger partial charge in [0.25, 0.3) is 0 Å². The molecule has 104 valence electrons. The Labute approximate surface area is 117 Å². The highest BCUT2D eigenvalue weighted by atomic mass is 79.9. The lowest BCUT2D eigenvalue weighted by molar-refractivity contribution is 0.175. The average Bonchev–Trinajstić information content (AvgIpc) is 2.69. The van der Waals surface area contributed by atoms with Crippen LogP contribution in [0.3, 0.4) is 0 Å². The van der Waals surface area contributed by atoms with Gasteiger partial charge in [-0.1, -0.05) is 20.8 Å². The molecule has 1 aromatic heterocycles. The van der Waals surface area contributed by atoms with Crippen molar-refractivity contribution < 1.29 is 4.74 Å². The van der Waals surface area contributed by atoms with Crippen LogP contribution in [0.15, 0.2) is 10.7 Å². The van der Waals surface area contributed by atoms with Crippen molar-refractivity contribution in [3.63, 3.8) is 0 Å². The first kappa shape index (κ1) is 15.6. The maximum Gasteiger partial charge on any atom is 0.0715 e. The van der Waals surface area contributed by atoms with E-state index in [0.29, 0.717) is 6.61 Å². The first-order valence-electron chi connectivity index (χ1n) is 6.14. The SMILES string of the molecule is CCC(C)(C)C(NN)c1c(Br)cnn1CCOC. The second kappa shape index (κ2) is 6.65. The van der Waals surface area contributed by atoms with E-state index >= 15 is 0 Å². The highest BCUT2D eigenvalue weighted by Gasteiger charge is 2.32. The highest BCUT2D eigenvalue weighted by molar-refractivity contribution is 9.10. The Morgan fingerprint density at radius 2 is 2.28 bits per heavy atom. The molecule has 0 aliphatic carbocycles. The van der Waals surface area contributed by atoms with Gasteiger partial charge in [0.1, 0.15) is 0 Å². The Kier molecular flexibility index (Phi) is 5.78. The van der Waals surface area contributed by atoms with Gasteiger partial charge in [0.2, 0.25) is 0 Å². The molecule has 3 N–H and O–H groups in total. The smallest absolute Gasteiger partial charge is 0.0715 e. The molecule has 0 radical (unpaired) electrons. The topological polar surface area (TPSA) is 65.1 Å². The molecule has 0 aliphatic rings. The van der Waals surface area contributed by atoms with Crippen LogP contribution in [-0.2, 0) is 11.3 Å². The monoisotopic (exact) mass is 318 g/mol. The third kappa shape index (κ3) is 3.32.